The van der Waals surface area contributed by atoms with Crippen molar-refractivity contribution >= 4 is 9.28 Å². The van der Waals surface area contributed by atoms with Gasteiger partial charge in [0.15, 0.2) is 0 Å². The van der Waals surface area contributed by atoms with E-state index in [-0.39, 0.29) is 0 Å². The fraction of sp³-hybridized carbons (Fsp3) is 1.00. The molecule has 1 rings (SSSR count). The molecule has 1 aliphatic carbocycles. The molecule has 0 N–H and O–H groups in total. The Morgan fingerprint density at radius 2 is 1.60 bits per heavy atom. The van der Waals surface area contributed by atoms with Crippen LogP contribution in [0.2, 0.25) is 5.54 Å². The Morgan fingerprint density at radius 3 is 2.00 bits per heavy atom. The molecule has 0 amide bonds. The molecule has 0 saturated heterocycles. The average molecular weight is 159 g/mol. The van der Waals surface area contributed by atoms with E-state index in [4.69, 9.17) is 8.85 Å². The molecular weight excluding hydrogens is 144 g/mol. The van der Waals surface area contributed by atoms with Crippen LogP contribution in [0.1, 0.15) is 25.7 Å². The molecule has 0 unspecified atom stereocenters. The van der Waals surface area contributed by atoms with Gasteiger partial charge in [-0.3, -0.25) is 0 Å². The Kier molecular flexibility index (Phi) is 3.38. The molecule has 2 nitrogen and oxygen atoms in total. The van der Waals surface area contributed by atoms with Gasteiger partial charge in [0.1, 0.15) is 0 Å². The average Bonchev–Trinajstić information content (AvgIpc) is 2.43. The van der Waals surface area contributed by atoms with Crippen molar-refractivity contribution in [3.05, 3.63) is 0 Å². The maximum atomic E-state index is 5.26. The second-order valence-corrected chi connectivity index (χ2v) is 4.98. The Bertz CT molecular complexity index is 87.6. The van der Waals surface area contributed by atoms with Gasteiger partial charge >= 0.3 is 9.28 Å². The third-order valence-corrected chi connectivity index (χ3v) is 4.14. The normalized spacial score (nSPS) is 20.7. The van der Waals surface area contributed by atoms with Gasteiger partial charge in [0.2, 0.25) is 0 Å². The summed E-state index contributed by atoms with van der Waals surface area (Å²) in [6.45, 7) is 0. The van der Waals surface area contributed by atoms with E-state index in [9.17, 15) is 0 Å². The SMILES string of the molecule is CO[Si](OC)C1CCCC1. The molecule has 1 radical (unpaired) electrons. The molecule has 3 heteroatoms. The molecule has 1 saturated carbocycles. The highest BCUT2D eigenvalue weighted by atomic mass is 28.3. The lowest BCUT2D eigenvalue weighted by Crippen LogP contribution is -2.24. The van der Waals surface area contributed by atoms with Gasteiger partial charge in [-0.05, 0) is 12.8 Å². The lowest BCUT2D eigenvalue weighted by atomic mass is 10.4. The van der Waals surface area contributed by atoms with Gasteiger partial charge in [-0.25, -0.2) is 0 Å². The topological polar surface area (TPSA) is 18.5 Å². The lowest BCUT2D eigenvalue weighted by molar-refractivity contribution is 0.265. The summed E-state index contributed by atoms with van der Waals surface area (Å²) in [4.78, 5) is 0. The van der Waals surface area contributed by atoms with Crippen molar-refractivity contribution in [2.45, 2.75) is 31.2 Å². The van der Waals surface area contributed by atoms with Gasteiger partial charge in [-0.2, -0.15) is 0 Å². The maximum Gasteiger partial charge on any atom is 0.387 e. The van der Waals surface area contributed by atoms with Crippen molar-refractivity contribution in [2.75, 3.05) is 14.2 Å². The van der Waals surface area contributed by atoms with Gasteiger partial charge in [0.05, 0.1) is 0 Å². The lowest BCUT2D eigenvalue weighted by Gasteiger charge is -2.14. The van der Waals surface area contributed by atoms with Crippen molar-refractivity contribution in [1.29, 1.82) is 0 Å². The van der Waals surface area contributed by atoms with E-state index < -0.39 is 9.28 Å². The molecule has 0 atom stereocenters. The van der Waals surface area contributed by atoms with Crippen molar-refractivity contribution in [3.63, 3.8) is 0 Å². The summed E-state index contributed by atoms with van der Waals surface area (Å²) in [5.74, 6) is 0. The molecule has 1 fully saturated rings. The number of hydrogen-bond acceptors (Lipinski definition) is 2. The summed E-state index contributed by atoms with van der Waals surface area (Å²) in [6.07, 6.45) is 5.36. The zero-order valence-corrected chi connectivity index (χ0v) is 7.72. The fourth-order valence-corrected chi connectivity index (χ4v) is 3.29. The van der Waals surface area contributed by atoms with E-state index in [2.05, 4.69) is 0 Å². The Balaban J connectivity index is 2.29. The summed E-state index contributed by atoms with van der Waals surface area (Å²) in [6, 6.07) is 0. The summed E-state index contributed by atoms with van der Waals surface area (Å²) >= 11 is 0. The smallest absolute Gasteiger partial charge is 0.387 e. The fourth-order valence-electron chi connectivity index (χ4n) is 1.58. The molecule has 0 aliphatic heterocycles. The van der Waals surface area contributed by atoms with E-state index in [0.717, 1.165) is 5.54 Å². The molecule has 0 heterocycles. The highest BCUT2D eigenvalue weighted by Gasteiger charge is 2.28. The second kappa shape index (κ2) is 4.11. The summed E-state index contributed by atoms with van der Waals surface area (Å²) in [5, 5.41) is 0. The minimum absolute atomic E-state index is 0.750. The van der Waals surface area contributed by atoms with Crippen LogP contribution in [0.4, 0.5) is 0 Å². The zero-order valence-electron chi connectivity index (χ0n) is 6.72. The molecule has 1 aliphatic rings. The highest BCUT2D eigenvalue weighted by Crippen LogP contribution is 2.32. The van der Waals surface area contributed by atoms with Gasteiger partial charge in [-0.15, -0.1) is 0 Å². The first-order chi connectivity index (χ1) is 4.88. The molecule has 0 bridgehead atoms. The van der Waals surface area contributed by atoms with Gasteiger partial charge in [-0.1, -0.05) is 12.8 Å². The van der Waals surface area contributed by atoms with Gasteiger partial charge < -0.3 is 8.85 Å². The van der Waals surface area contributed by atoms with Crippen molar-refractivity contribution in [1.82, 2.24) is 0 Å². The predicted molar refractivity (Wildman–Crippen MR) is 42.0 cm³/mol. The zero-order chi connectivity index (χ0) is 7.40. The van der Waals surface area contributed by atoms with Crippen LogP contribution in [0, 0.1) is 0 Å². The van der Waals surface area contributed by atoms with Crippen LogP contribution in [0.5, 0.6) is 0 Å². The number of rotatable bonds is 3. The summed E-state index contributed by atoms with van der Waals surface area (Å²) in [5.41, 5.74) is 0.750. The molecule has 0 spiro atoms. The van der Waals surface area contributed by atoms with Crippen LogP contribution in [-0.4, -0.2) is 23.5 Å². The van der Waals surface area contributed by atoms with E-state index in [1.165, 1.54) is 25.7 Å². The standard InChI is InChI=1S/C7H15O2Si/c1-8-10(9-2)7-5-3-4-6-7/h7H,3-6H2,1-2H3. The van der Waals surface area contributed by atoms with E-state index in [0.29, 0.717) is 0 Å². The third kappa shape index (κ3) is 1.81. The quantitative estimate of drug-likeness (QED) is 0.584. The molecule has 0 aromatic rings. The second-order valence-electron chi connectivity index (χ2n) is 2.71. The number of hydrogen-bond donors (Lipinski definition) is 0. The molecule has 59 valence electrons. The van der Waals surface area contributed by atoms with Gasteiger partial charge in [0.25, 0.3) is 0 Å². The Morgan fingerprint density at radius 1 is 1.10 bits per heavy atom. The van der Waals surface area contributed by atoms with Crippen molar-refractivity contribution in [2.24, 2.45) is 0 Å². The predicted octanol–water partition coefficient (Wildman–Crippen LogP) is 1.71. The highest BCUT2D eigenvalue weighted by molar-refractivity contribution is 6.46. The summed E-state index contributed by atoms with van der Waals surface area (Å²) in [7, 11) is 2.62. The Labute approximate surface area is 64.4 Å². The van der Waals surface area contributed by atoms with E-state index in [1.807, 2.05) is 0 Å². The molecule has 10 heavy (non-hydrogen) atoms. The van der Waals surface area contributed by atoms with Crippen molar-refractivity contribution < 1.29 is 8.85 Å². The van der Waals surface area contributed by atoms with Crippen LogP contribution in [0.3, 0.4) is 0 Å². The van der Waals surface area contributed by atoms with Crippen LogP contribution >= 0.6 is 0 Å². The molecule has 0 aromatic heterocycles. The van der Waals surface area contributed by atoms with Crippen LogP contribution in [-0.2, 0) is 8.85 Å². The first-order valence-corrected chi connectivity index (χ1v) is 5.22. The molecular formula is C7H15O2Si. The third-order valence-electron chi connectivity index (χ3n) is 2.09. The first-order valence-electron chi connectivity index (χ1n) is 3.83. The largest absolute Gasteiger partial charge is 0.397 e. The van der Waals surface area contributed by atoms with Gasteiger partial charge in [0, 0.05) is 19.8 Å². The monoisotopic (exact) mass is 159 g/mol. The van der Waals surface area contributed by atoms with Crippen LogP contribution in [0.15, 0.2) is 0 Å². The first kappa shape index (κ1) is 8.24. The minimum atomic E-state index is -0.901. The Hall–Kier alpha value is 0.137. The van der Waals surface area contributed by atoms with Crippen LogP contribution in [0.25, 0.3) is 0 Å². The van der Waals surface area contributed by atoms with Crippen molar-refractivity contribution in [3.8, 4) is 0 Å². The van der Waals surface area contributed by atoms with E-state index in [1.54, 1.807) is 14.2 Å². The van der Waals surface area contributed by atoms with Crippen LogP contribution < -0.4 is 0 Å². The van der Waals surface area contributed by atoms with E-state index >= 15 is 0 Å². The summed E-state index contributed by atoms with van der Waals surface area (Å²) < 4.78 is 10.5. The minimum Gasteiger partial charge on any atom is -0.397 e. The molecule has 0 aromatic carbocycles. The maximum absolute atomic E-state index is 5.26.